The Bertz CT molecular complexity index is 381. The lowest BCUT2D eigenvalue weighted by molar-refractivity contribution is -0.117. The van der Waals surface area contributed by atoms with Crippen LogP contribution < -0.4 is 10.6 Å². The van der Waals surface area contributed by atoms with Crippen LogP contribution in [0.2, 0.25) is 0 Å². The molecule has 1 rings (SSSR count). The van der Waals surface area contributed by atoms with Gasteiger partial charge in [-0.05, 0) is 17.7 Å². The average Bonchev–Trinajstić information content (AvgIpc) is 2.28. The zero-order chi connectivity index (χ0) is 12.0. The van der Waals surface area contributed by atoms with Crippen molar-refractivity contribution in [1.29, 1.82) is 0 Å². The fourth-order valence-corrected chi connectivity index (χ4v) is 1.06. The van der Waals surface area contributed by atoms with Crippen LogP contribution in [0.25, 0.3) is 0 Å². The van der Waals surface area contributed by atoms with Gasteiger partial charge in [-0.2, -0.15) is 0 Å². The second-order valence-electron chi connectivity index (χ2n) is 2.99. The van der Waals surface area contributed by atoms with Gasteiger partial charge in [-0.1, -0.05) is 12.1 Å². The van der Waals surface area contributed by atoms with Gasteiger partial charge in [-0.3, -0.25) is 10.1 Å². The van der Waals surface area contributed by atoms with Crippen molar-refractivity contribution in [2.24, 2.45) is 0 Å². The first-order valence-corrected chi connectivity index (χ1v) is 5.03. The Morgan fingerprint density at radius 2 is 1.88 bits per heavy atom. The molecule has 0 saturated carbocycles. The molecule has 0 aliphatic heterocycles. The first-order chi connectivity index (χ1) is 7.61. The summed E-state index contributed by atoms with van der Waals surface area (Å²) in [5.74, 6) is -1.19. The van der Waals surface area contributed by atoms with Gasteiger partial charge in [0.1, 0.15) is 11.7 Å². The molecule has 86 valence electrons. The molecule has 0 heterocycles. The lowest BCUT2D eigenvalue weighted by atomic mass is 10.2. The van der Waals surface area contributed by atoms with Crippen LogP contribution in [-0.2, 0) is 11.3 Å². The van der Waals surface area contributed by atoms with E-state index in [1.54, 1.807) is 12.1 Å². The molecule has 1 aromatic rings. The summed E-state index contributed by atoms with van der Waals surface area (Å²) in [5.41, 5.74) is 0.731. The fraction of sp³-hybridized carbons (Fsp3) is 0.200. The molecule has 16 heavy (non-hydrogen) atoms. The number of amides is 3. The van der Waals surface area contributed by atoms with E-state index in [9.17, 15) is 14.0 Å². The van der Waals surface area contributed by atoms with Gasteiger partial charge in [0.05, 0.1) is 0 Å². The third-order valence-electron chi connectivity index (χ3n) is 1.74. The molecule has 0 unspecified atom stereocenters. The molecule has 0 aromatic heterocycles. The van der Waals surface area contributed by atoms with Crippen LogP contribution in [0.5, 0.6) is 0 Å². The third kappa shape index (κ3) is 4.27. The Balaban J connectivity index is 2.37. The van der Waals surface area contributed by atoms with Crippen LogP contribution in [0.3, 0.4) is 0 Å². The maximum atomic E-state index is 12.5. The Morgan fingerprint density at radius 1 is 1.25 bits per heavy atom. The summed E-state index contributed by atoms with van der Waals surface area (Å²) in [4.78, 5) is 21.8. The van der Waals surface area contributed by atoms with E-state index in [-0.39, 0.29) is 18.2 Å². The molecule has 0 aliphatic carbocycles. The molecule has 0 saturated heterocycles. The molecule has 0 radical (unpaired) electrons. The van der Waals surface area contributed by atoms with Crippen LogP contribution in [-0.4, -0.2) is 17.8 Å². The Morgan fingerprint density at radius 3 is 2.44 bits per heavy atom. The molecular weight excluding hydrogens is 235 g/mol. The summed E-state index contributed by atoms with van der Waals surface area (Å²) in [6.07, 6.45) is 0. The largest absolute Gasteiger partial charge is 0.334 e. The van der Waals surface area contributed by atoms with Crippen molar-refractivity contribution in [3.8, 4) is 0 Å². The summed E-state index contributed by atoms with van der Waals surface area (Å²) in [6.45, 7) is 0.210. The van der Waals surface area contributed by atoms with Crippen molar-refractivity contribution in [2.75, 3.05) is 5.88 Å². The molecule has 0 atom stereocenters. The number of benzene rings is 1. The van der Waals surface area contributed by atoms with Gasteiger partial charge in [0.25, 0.3) is 0 Å². The SMILES string of the molecule is O=C(CCl)NC(=O)NCc1ccc(F)cc1. The number of imide groups is 1. The lowest BCUT2D eigenvalue weighted by Gasteiger charge is -2.05. The molecule has 4 nitrogen and oxygen atoms in total. The van der Waals surface area contributed by atoms with E-state index in [0.717, 1.165) is 5.56 Å². The van der Waals surface area contributed by atoms with Gasteiger partial charge in [0, 0.05) is 6.54 Å². The first-order valence-electron chi connectivity index (χ1n) is 4.50. The van der Waals surface area contributed by atoms with E-state index in [1.807, 2.05) is 5.32 Å². The highest BCUT2D eigenvalue weighted by molar-refractivity contribution is 6.28. The number of rotatable bonds is 3. The monoisotopic (exact) mass is 244 g/mol. The Kier molecular flexibility index (Phi) is 4.72. The normalized spacial score (nSPS) is 9.62. The Labute approximate surface area is 96.8 Å². The summed E-state index contributed by atoms with van der Waals surface area (Å²) in [5, 5.41) is 4.45. The first kappa shape index (κ1) is 12.4. The van der Waals surface area contributed by atoms with Crippen molar-refractivity contribution >= 4 is 23.5 Å². The number of nitrogens with one attached hydrogen (secondary N) is 2. The maximum Gasteiger partial charge on any atom is 0.321 e. The van der Waals surface area contributed by atoms with E-state index < -0.39 is 11.9 Å². The minimum Gasteiger partial charge on any atom is -0.334 e. The standard InChI is InChI=1S/C10H10ClFN2O2/c11-5-9(15)14-10(16)13-6-7-1-3-8(12)4-2-7/h1-4H,5-6H2,(H2,13,14,15,16). The second-order valence-corrected chi connectivity index (χ2v) is 3.26. The van der Waals surface area contributed by atoms with E-state index in [0.29, 0.717) is 0 Å². The van der Waals surface area contributed by atoms with E-state index in [2.05, 4.69) is 5.32 Å². The van der Waals surface area contributed by atoms with Crippen LogP contribution in [0.1, 0.15) is 5.56 Å². The zero-order valence-electron chi connectivity index (χ0n) is 8.30. The summed E-state index contributed by atoms with van der Waals surface area (Å²) in [6, 6.07) is 5.03. The number of urea groups is 1. The molecular formula is C10H10ClFN2O2. The summed E-state index contributed by atoms with van der Waals surface area (Å²) >= 11 is 5.20. The number of halogens is 2. The smallest absolute Gasteiger partial charge is 0.321 e. The van der Waals surface area contributed by atoms with Gasteiger partial charge >= 0.3 is 6.03 Å². The average molecular weight is 245 g/mol. The third-order valence-corrected chi connectivity index (χ3v) is 1.98. The Hall–Kier alpha value is -1.62. The van der Waals surface area contributed by atoms with Crippen LogP contribution >= 0.6 is 11.6 Å². The molecule has 0 spiro atoms. The topological polar surface area (TPSA) is 58.2 Å². The van der Waals surface area contributed by atoms with Crippen molar-refractivity contribution in [3.05, 3.63) is 35.6 Å². The van der Waals surface area contributed by atoms with E-state index in [4.69, 9.17) is 11.6 Å². The van der Waals surface area contributed by atoms with Crippen LogP contribution in [0.4, 0.5) is 9.18 Å². The number of carbonyl (C=O) groups excluding carboxylic acids is 2. The minimum atomic E-state index is -0.630. The zero-order valence-corrected chi connectivity index (χ0v) is 9.05. The summed E-state index contributed by atoms with van der Waals surface area (Å²) in [7, 11) is 0. The lowest BCUT2D eigenvalue weighted by Crippen LogP contribution is -2.39. The number of carbonyl (C=O) groups is 2. The fourth-order valence-electron chi connectivity index (χ4n) is 0.989. The highest BCUT2D eigenvalue weighted by Gasteiger charge is 2.05. The molecule has 0 fully saturated rings. The molecule has 0 bridgehead atoms. The van der Waals surface area contributed by atoms with Crippen molar-refractivity contribution < 1.29 is 14.0 Å². The molecule has 0 aliphatic rings. The molecule has 1 aromatic carbocycles. The van der Waals surface area contributed by atoms with Gasteiger partial charge in [0.2, 0.25) is 5.91 Å². The minimum absolute atomic E-state index is 0.210. The van der Waals surface area contributed by atoms with Gasteiger partial charge in [0.15, 0.2) is 0 Å². The highest BCUT2D eigenvalue weighted by atomic mass is 35.5. The van der Waals surface area contributed by atoms with Gasteiger partial charge < -0.3 is 5.32 Å². The van der Waals surface area contributed by atoms with Crippen LogP contribution in [0, 0.1) is 5.82 Å². The van der Waals surface area contributed by atoms with Crippen LogP contribution in [0.15, 0.2) is 24.3 Å². The maximum absolute atomic E-state index is 12.5. The highest BCUT2D eigenvalue weighted by Crippen LogP contribution is 2.01. The van der Waals surface area contributed by atoms with Crippen molar-refractivity contribution in [3.63, 3.8) is 0 Å². The summed E-state index contributed by atoms with van der Waals surface area (Å²) < 4.78 is 12.5. The van der Waals surface area contributed by atoms with E-state index >= 15 is 0 Å². The molecule has 2 N–H and O–H groups in total. The van der Waals surface area contributed by atoms with Gasteiger partial charge in [-0.25, -0.2) is 9.18 Å². The predicted molar refractivity (Wildman–Crippen MR) is 57.5 cm³/mol. The van der Waals surface area contributed by atoms with Crippen molar-refractivity contribution in [2.45, 2.75) is 6.54 Å². The quantitative estimate of drug-likeness (QED) is 0.790. The number of hydrogen-bond donors (Lipinski definition) is 2. The van der Waals surface area contributed by atoms with Crippen molar-refractivity contribution in [1.82, 2.24) is 10.6 Å². The molecule has 6 heteroatoms. The van der Waals surface area contributed by atoms with E-state index in [1.165, 1.54) is 12.1 Å². The predicted octanol–water partition coefficient (Wildman–Crippen LogP) is 1.39. The number of hydrogen-bond acceptors (Lipinski definition) is 2. The second kappa shape index (κ2) is 6.07. The molecule has 3 amide bonds. The van der Waals surface area contributed by atoms with Gasteiger partial charge in [-0.15, -0.1) is 11.6 Å². The number of alkyl halides is 1.